The summed E-state index contributed by atoms with van der Waals surface area (Å²) in [5, 5.41) is 2.78. The van der Waals surface area contributed by atoms with E-state index >= 15 is 0 Å². The van der Waals surface area contributed by atoms with Gasteiger partial charge in [0.1, 0.15) is 6.61 Å². The summed E-state index contributed by atoms with van der Waals surface area (Å²) in [7, 11) is 0. The number of nitrogens with one attached hydrogen (secondary N) is 1. The highest BCUT2D eigenvalue weighted by atomic mass is 16.5. The fraction of sp³-hybridized carbons (Fsp3) is 0.412. The molecular formula is C17H22N2O3. The van der Waals surface area contributed by atoms with Crippen molar-refractivity contribution in [3.63, 3.8) is 0 Å². The van der Waals surface area contributed by atoms with E-state index in [0.29, 0.717) is 13.1 Å². The molecule has 0 aromatic heterocycles. The lowest BCUT2D eigenvalue weighted by Crippen LogP contribution is -2.43. The molecule has 1 aromatic rings. The van der Waals surface area contributed by atoms with Gasteiger partial charge in [-0.25, -0.2) is 4.79 Å². The monoisotopic (exact) mass is 302 g/mol. The van der Waals surface area contributed by atoms with E-state index in [1.807, 2.05) is 30.3 Å². The Morgan fingerprint density at radius 1 is 1.36 bits per heavy atom. The van der Waals surface area contributed by atoms with E-state index in [1.165, 1.54) is 6.08 Å². The molecule has 118 valence electrons. The number of amides is 2. The predicted molar refractivity (Wildman–Crippen MR) is 84.1 cm³/mol. The lowest BCUT2D eigenvalue weighted by atomic mass is 9.98. The van der Waals surface area contributed by atoms with Gasteiger partial charge in [0.05, 0.1) is 0 Å². The molecule has 1 saturated heterocycles. The van der Waals surface area contributed by atoms with Crippen LogP contribution in [0.2, 0.25) is 0 Å². The Balaban J connectivity index is 1.69. The molecule has 0 saturated carbocycles. The summed E-state index contributed by atoms with van der Waals surface area (Å²) in [5.74, 6) is 0.221. The van der Waals surface area contributed by atoms with Crippen LogP contribution in [-0.4, -0.2) is 36.5 Å². The number of carbonyl (C=O) groups is 2. The lowest BCUT2D eigenvalue weighted by molar-refractivity contribution is -0.127. The molecule has 5 nitrogen and oxygen atoms in total. The maximum absolute atomic E-state index is 11.7. The average Bonchev–Trinajstić information content (AvgIpc) is 2.58. The number of hydrogen-bond donors (Lipinski definition) is 1. The van der Waals surface area contributed by atoms with Crippen molar-refractivity contribution in [2.75, 3.05) is 19.6 Å². The number of alkyl carbamates (subject to hydrolysis) is 1. The molecule has 22 heavy (non-hydrogen) atoms. The summed E-state index contributed by atoms with van der Waals surface area (Å²) in [6, 6.07) is 9.55. The smallest absolute Gasteiger partial charge is 0.407 e. The van der Waals surface area contributed by atoms with E-state index < -0.39 is 6.09 Å². The molecule has 0 aliphatic carbocycles. The molecule has 5 heteroatoms. The van der Waals surface area contributed by atoms with Crippen molar-refractivity contribution >= 4 is 12.0 Å². The second kappa shape index (κ2) is 8.22. The molecule has 1 aliphatic heterocycles. The van der Waals surface area contributed by atoms with Gasteiger partial charge in [0.25, 0.3) is 0 Å². The Morgan fingerprint density at radius 3 is 2.86 bits per heavy atom. The highest BCUT2D eigenvalue weighted by molar-refractivity contribution is 5.87. The van der Waals surface area contributed by atoms with Crippen LogP contribution in [0.1, 0.15) is 18.4 Å². The quantitative estimate of drug-likeness (QED) is 0.849. The molecule has 1 aromatic carbocycles. The zero-order valence-corrected chi connectivity index (χ0v) is 12.7. The van der Waals surface area contributed by atoms with E-state index in [1.54, 1.807) is 4.90 Å². The maximum Gasteiger partial charge on any atom is 0.407 e. The third-order valence-electron chi connectivity index (χ3n) is 3.75. The van der Waals surface area contributed by atoms with Crippen molar-refractivity contribution in [2.45, 2.75) is 19.4 Å². The summed E-state index contributed by atoms with van der Waals surface area (Å²) >= 11 is 0. The van der Waals surface area contributed by atoms with Crippen molar-refractivity contribution in [1.82, 2.24) is 10.2 Å². The van der Waals surface area contributed by atoms with Gasteiger partial charge in [-0.2, -0.15) is 0 Å². The van der Waals surface area contributed by atoms with Crippen LogP contribution in [0, 0.1) is 5.92 Å². The predicted octanol–water partition coefficient (Wildman–Crippen LogP) is 2.34. The third-order valence-corrected chi connectivity index (χ3v) is 3.75. The van der Waals surface area contributed by atoms with Gasteiger partial charge in [-0.3, -0.25) is 4.79 Å². The Kier molecular flexibility index (Phi) is 6.01. The van der Waals surface area contributed by atoms with E-state index in [2.05, 4.69) is 11.9 Å². The second-order valence-corrected chi connectivity index (χ2v) is 5.44. The second-order valence-electron chi connectivity index (χ2n) is 5.44. The van der Waals surface area contributed by atoms with E-state index in [9.17, 15) is 9.59 Å². The number of hydrogen-bond acceptors (Lipinski definition) is 3. The number of rotatable bonds is 5. The maximum atomic E-state index is 11.7. The molecule has 0 radical (unpaired) electrons. The molecule has 2 rings (SSSR count). The summed E-state index contributed by atoms with van der Waals surface area (Å²) < 4.78 is 5.17. The Bertz CT molecular complexity index is 516. The fourth-order valence-electron chi connectivity index (χ4n) is 2.56. The van der Waals surface area contributed by atoms with E-state index in [-0.39, 0.29) is 18.4 Å². The normalized spacial score (nSPS) is 17.6. The fourth-order valence-corrected chi connectivity index (χ4v) is 2.56. The summed E-state index contributed by atoms with van der Waals surface area (Å²) in [5.41, 5.74) is 0.957. The molecule has 1 heterocycles. The molecule has 1 aliphatic rings. The number of nitrogens with zero attached hydrogens (tertiary/aromatic N) is 1. The van der Waals surface area contributed by atoms with Crippen molar-refractivity contribution in [2.24, 2.45) is 5.92 Å². The zero-order valence-electron chi connectivity index (χ0n) is 12.7. The zero-order chi connectivity index (χ0) is 15.8. The standard InChI is InChI=1S/C17H22N2O3/c1-2-16(20)19-10-6-9-15(12-19)11-18-17(21)22-13-14-7-4-3-5-8-14/h2-5,7-8,15H,1,6,9-13H2,(H,18,21). The largest absolute Gasteiger partial charge is 0.445 e. The van der Waals surface area contributed by atoms with Crippen LogP contribution in [-0.2, 0) is 16.1 Å². The molecular weight excluding hydrogens is 280 g/mol. The topological polar surface area (TPSA) is 58.6 Å². The van der Waals surface area contributed by atoms with Gasteiger partial charge in [-0.15, -0.1) is 0 Å². The molecule has 2 amide bonds. The van der Waals surface area contributed by atoms with E-state index in [4.69, 9.17) is 4.74 Å². The van der Waals surface area contributed by atoms with Gasteiger partial charge in [0.15, 0.2) is 0 Å². The molecule has 1 atom stereocenters. The Morgan fingerprint density at radius 2 is 2.14 bits per heavy atom. The van der Waals surface area contributed by atoms with Crippen LogP contribution in [0.4, 0.5) is 4.79 Å². The molecule has 1 N–H and O–H groups in total. The first kappa shape index (κ1) is 16.1. The first-order valence-electron chi connectivity index (χ1n) is 7.55. The number of ether oxygens (including phenoxy) is 1. The first-order valence-corrected chi connectivity index (χ1v) is 7.55. The minimum absolute atomic E-state index is 0.0450. The molecule has 1 unspecified atom stereocenters. The third kappa shape index (κ3) is 4.91. The first-order chi connectivity index (χ1) is 10.7. The van der Waals surface area contributed by atoms with Gasteiger partial charge in [-0.1, -0.05) is 36.9 Å². The number of benzene rings is 1. The summed E-state index contributed by atoms with van der Waals surface area (Å²) in [4.78, 5) is 25.1. The van der Waals surface area contributed by atoms with Crippen LogP contribution in [0.3, 0.4) is 0 Å². The SMILES string of the molecule is C=CC(=O)N1CCCC(CNC(=O)OCc2ccccc2)C1. The lowest BCUT2D eigenvalue weighted by Gasteiger charge is -2.32. The van der Waals surface area contributed by atoms with Gasteiger partial charge in [0.2, 0.25) is 5.91 Å². The Labute approximate surface area is 130 Å². The minimum atomic E-state index is -0.420. The van der Waals surface area contributed by atoms with Crippen LogP contribution in [0.5, 0.6) is 0 Å². The number of carbonyl (C=O) groups excluding carboxylic acids is 2. The van der Waals surface area contributed by atoms with Crippen molar-refractivity contribution in [3.05, 3.63) is 48.6 Å². The van der Waals surface area contributed by atoms with Crippen LogP contribution >= 0.6 is 0 Å². The van der Waals surface area contributed by atoms with Crippen molar-refractivity contribution in [1.29, 1.82) is 0 Å². The van der Waals surface area contributed by atoms with Crippen LogP contribution in [0.15, 0.2) is 43.0 Å². The van der Waals surface area contributed by atoms with Crippen LogP contribution < -0.4 is 5.32 Å². The Hall–Kier alpha value is -2.30. The molecule has 1 fully saturated rings. The highest BCUT2D eigenvalue weighted by Crippen LogP contribution is 2.16. The minimum Gasteiger partial charge on any atom is -0.445 e. The summed E-state index contributed by atoms with van der Waals surface area (Å²) in [6.07, 6.45) is 2.87. The summed E-state index contributed by atoms with van der Waals surface area (Å²) in [6.45, 7) is 5.71. The molecule has 0 bridgehead atoms. The highest BCUT2D eigenvalue weighted by Gasteiger charge is 2.22. The van der Waals surface area contributed by atoms with Gasteiger partial charge < -0.3 is 15.0 Å². The van der Waals surface area contributed by atoms with Crippen LogP contribution in [0.25, 0.3) is 0 Å². The molecule has 0 spiro atoms. The van der Waals surface area contributed by atoms with Crippen molar-refractivity contribution < 1.29 is 14.3 Å². The number of piperidine rings is 1. The number of likely N-dealkylation sites (tertiary alicyclic amines) is 1. The van der Waals surface area contributed by atoms with Gasteiger partial charge >= 0.3 is 6.09 Å². The van der Waals surface area contributed by atoms with Gasteiger partial charge in [-0.05, 0) is 30.4 Å². The van der Waals surface area contributed by atoms with Crippen molar-refractivity contribution in [3.8, 4) is 0 Å². The van der Waals surface area contributed by atoms with Gasteiger partial charge in [0, 0.05) is 19.6 Å². The van der Waals surface area contributed by atoms with E-state index in [0.717, 1.165) is 24.9 Å². The average molecular weight is 302 g/mol.